The van der Waals surface area contributed by atoms with Gasteiger partial charge in [0.2, 0.25) is 0 Å². The summed E-state index contributed by atoms with van der Waals surface area (Å²) >= 11 is 0. The lowest BCUT2D eigenvalue weighted by Gasteiger charge is -2.18. The number of phenols is 3. The number of hydrogen-bond donors (Lipinski definition) is 3. The van der Waals surface area contributed by atoms with Gasteiger partial charge in [0.05, 0.1) is 0 Å². The minimum atomic E-state index is -0.476. The fraction of sp³-hybridized carbons (Fsp3) is 0. The molecule has 0 aromatic heterocycles. The van der Waals surface area contributed by atoms with Crippen molar-refractivity contribution in [1.29, 1.82) is 0 Å². The molecule has 0 saturated heterocycles. The van der Waals surface area contributed by atoms with E-state index in [1.807, 2.05) is 0 Å². The molecule has 0 amide bonds. The first-order chi connectivity index (χ1) is 8.99. The number of fused-ring (bicyclic) bond motifs is 2. The smallest absolute Gasteiger partial charge is 0.194 e. The summed E-state index contributed by atoms with van der Waals surface area (Å²) in [6.07, 6.45) is 0. The molecule has 0 fully saturated rings. The van der Waals surface area contributed by atoms with Crippen LogP contribution in [0.15, 0.2) is 30.3 Å². The van der Waals surface area contributed by atoms with Crippen LogP contribution < -0.4 is 0 Å². The van der Waals surface area contributed by atoms with Crippen molar-refractivity contribution in [2.75, 3.05) is 0 Å². The van der Waals surface area contributed by atoms with Gasteiger partial charge in [-0.15, -0.1) is 0 Å². The third kappa shape index (κ3) is 1.48. The van der Waals surface area contributed by atoms with Gasteiger partial charge in [-0.2, -0.15) is 0 Å². The zero-order chi connectivity index (χ0) is 13.7. The number of hydrogen-bond acceptors (Lipinski definition) is 5. The number of carbonyl (C=O) groups excluding carboxylic acids is 2. The summed E-state index contributed by atoms with van der Waals surface area (Å²) in [5.74, 6) is -1.95. The van der Waals surface area contributed by atoms with E-state index >= 15 is 0 Å². The van der Waals surface area contributed by atoms with Crippen LogP contribution >= 0.6 is 0 Å². The van der Waals surface area contributed by atoms with Crippen molar-refractivity contribution >= 4 is 11.6 Å². The van der Waals surface area contributed by atoms with E-state index in [2.05, 4.69) is 0 Å². The Hall–Kier alpha value is -2.82. The zero-order valence-corrected chi connectivity index (χ0v) is 9.54. The monoisotopic (exact) mass is 256 g/mol. The molecule has 2 aromatic rings. The number of aromatic hydroxyl groups is 3. The summed E-state index contributed by atoms with van der Waals surface area (Å²) < 4.78 is 0. The van der Waals surface area contributed by atoms with Gasteiger partial charge < -0.3 is 15.3 Å². The lowest BCUT2D eigenvalue weighted by atomic mass is 9.83. The summed E-state index contributed by atoms with van der Waals surface area (Å²) in [7, 11) is 0. The summed E-state index contributed by atoms with van der Waals surface area (Å²) in [4.78, 5) is 24.4. The van der Waals surface area contributed by atoms with E-state index in [-0.39, 0.29) is 28.0 Å². The standard InChI is InChI=1S/C14H8O5/c15-6-1-2-7-8(3-6)14(19)10-5-12(17)11(16)4-9(10)13(7)18/h1-5,15-17H. The average Bonchev–Trinajstić information content (AvgIpc) is 2.38. The molecule has 1 aliphatic carbocycles. The summed E-state index contributed by atoms with van der Waals surface area (Å²) in [5.41, 5.74) is 0.305. The molecule has 2 aromatic carbocycles. The molecule has 5 nitrogen and oxygen atoms in total. The van der Waals surface area contributed by atoms with E-state index in [4.69, 9.17) is 0 Å². The normalized spacial score (nSPS) is 13.1. The Morgan fingerprint density at radius 2 is 1.11 bits per heavy atom. The number of ketones is 2. The topological polar surface area (TPSA) is 94.8 Å². The highest BCUT2D eigenvalue weighted by Crippen LogP contribution is 2.35. The van der Waals surface area contributed by atoms with E-state index in [1.165, 1.54) is 18.2 Å². The molecule has 0 bridgehead atoms. The largest absolute Gasteiger partial charge is 0.508 e. The summed E-state index contributed by atoms with van der Waals surface area (Å²) in [6, 6.07) is 6.01. The fourth-order valence-electron chi connectivity index (χ4n) is 2.16. The Kier molecular flexibility index (Phi) is 2.13. The Balaban J connectivity index is 2.32. The van der Waals surface area contributed by atoms with Crippen molar-refractivity contribution in [3.05, 3.63) is 52.6 Å². The Labute approximate surface area is 107 Å². The molecular formula is C14H8O5. The minimum absolute atomic E-state index is 0.0124. The number of carbonyl (C=O) groups is 2. The molecule has 0 atom stereocenters. The van der Waals surface area contributed by atoms with Crippen LogP contribution in [0.2, 0.25) is 0 Å². The fourth-order valence-corrected chi connectivity index (χ4v) is 2.16. The van der Waals surface area contributed by atoms with Gasteiger partial charge in [-0.25, -0.2) is 0 Å². The van der Waals surface area contributed by atoms with Crippen molar-refractivity contribution in [2.45, 2.75) is 0 Å². The summed E-state index contributed by atoms with van der Waals surface area (Å²) in [5, 5.41) is 28.2. The van der Waals surface area contributed by atoms with Crippen molar-refractivity contribution in [3.63, 3.8) is 0 Å². The predicted molar refractivity (Wildman–Crippen MR) is 64.7 cm³/mol. The molecule has 1 aliphatic rings. The molecule has 19 heavy (non-hydrogen) atoms. The Morgan fingerprint density at radius 1 is 0.632 bits per heavy atom. The summed E-state index contributed by atoms with van der Waals surface area (Å²) in [6.45, 7) is 0. The maximum atomic E-state index is 12.2. The minimum Gasteiger partial charge on any atom is -0.508 e. The third-order valence-electron chi connectivity index (χ3n) is 3.10. The predicted octanol–water partition coefficient (Wildman–Crippen LogP) is 1.58. The highest BCUT2D eigenvalue weighted by molar-refractivity contribution is 6.28. The van der Waals surface area contributed by atoms with Gasteiger partial charge in [-0.3, -0.25) is 9.59 Å². The molecule has 3 N–H and O–H groups in total. The first-order valence-corrected chi connectivity index (χ1v) is 5.47. The lowest BCUT2D eigenvalue weighted by Crippen LogP contribution is -2.20. The van der Waals surface area contributed by atoms with Crippen LogP contribution in [0, 0.1) is 0 Å². The van der Waals surface area contributed by atoms with Gasteiger partial charge in [0.1, 0.15) is 5.75 Å². The van der Waals surface area contributed by atoms with Crippen molar-refractivity contribution < 1.29 is 24.9 Å². The van der Waals surface area contributed by atoms with Gasteiger partial charge >= 0.3 is 0 Å². The second kappa shape index (κ2) is 3.58. The molecule has 0 aliphatic heterocycles. The van der Waals surface area contributed by atoms with Crippen LogP contribution in [0.5, 0.6) is 17.2 Å². The first kappa shape index (κ1) is 11.3. The van der Waals surface area contributed by atoms with Gasteiger partial charge in [-0.1, -0.05) is 0 Å². The molecule has 94 valence electrons. The zero-order valence-electron chi connectivity index (χ0n) is 9.54. The maximum Gasteiger partial charge on any atom is 0.194 e. The average molecular weight is 256 g/mol. The second-order valence-corrected chi connectivity index (χ2v) is 4.27. The van der Waals surface area contributed by atoms with E-state index in [1.54, 1.807) is 0 Å². The number of rotatable bonds is 0. The van der Waals surface area contributed by atoms with Crippen molar-refractivity contribution in [2.24, 2.45) is 0 Å². The lowest BCUT2D eigenvalue weighted by molar-refractivity contribution is 0.0978. The van der Waals surface area contributed by atoms with E-state index in [0.717, 1.165) is 12.1 Å². The Morgan fingerprint density at radius 3 is 1.68 bits per heavy atom. The molecule has 0 saturated carbocycles. The highest BCUT2D eigenvalue weighted by atomic mass is 16.3. The first-order valence-electron chi connectivity index (χ1n) is 5.47. The molecule has 0 spiro atoms. The molecule has 0 radical (unpaired) electrons. The van der Waals surface area contributed by atoms with Crippen LogP contribution in [0.1, 0.15) is 31.8 Å². The van der Waals surface area contributed by atoms with Crippen LogP contribution in [0.25, 0.3) is 0 Å². The number of benzene rings is 2. The van der Waals surface area contributed by atoms with Crippen molar-refractivity contribution in [3.8, 4) is 17.2 Å². The maximum absolute atomic E-state index is 12.2. The molecular weight excluding hydrogens is 248 g/mol. The van der Waals surface area contributed by atoms with Crippen LogP contribution in [-0.2, 0) is 0 Å². The molecule has 0 heterocycles. The van der Waals surface area contributed by atoms with Crippen LogP contribution in [0.4, 0.5) is 0 Å². The molecule has 3 rings (SSSR count). The highest BCUT2D eigenvalue weighted by Gasteiger charge is 2.31. The van der Waals surface area contributed by atoms with E-state index in [0.29, 0.717) is 0 Å². The molecule has 0 unspecified atom stereocenters. The van der Waals surface area contributed by atoms with Crippen LogP contribution in [-0.4, -0.2) is 26.9 Å². The third-order valence-corrected chi connectivity index (χ3v) is 3.10. The van der Waals surface area contributed by atoms with Gasteiger partial charge in [0, 0.05) is 22.3 Å². The quantitative estimate of drug-likeness (QED) is 0.531. The van der Waals surface area contributed by atoms with Gasteiger partial charge in [-0.05, 0) is 30.3 Å². The van der Waals surface area contributed by atoms with E-state index < -0.39 is 23.1 Å². The van der Waals surface area contributed by atoms with Gasteiger partial charge in [0.15, 0.2) is 23.1 Å². The number of phenolic OH excluding ortho intramolecular Hbond substituents is 3. The SMILES string of the molecule is O=C1c2ccc(O)cc2C(=O)c2cc(O)c(O)cc21. The molecule has 5 heteroatoms. The van der Waals surface area contributed by atoms with Crippen molar-refractivity contribution in [1.82, 2.24) is 0 Å². The Bertz CT molecular complexity index is 746. The van der Waals surface area contributed by atoms with E-state index in [9.17, 15) is 24.9 Å². The van der Waals surface area contributed by atoms with Gasteiger partial charge in [0.25, 0.3) is 0 Å². The van der Waals surface area contributed by atoms with Crippen LogP contribution in [0.3, 0.4) is 0 Å². The second-order valence-electron chi connectivity index (χ2n) is 4.27.